The van der Waals surface area contributed by atoms with E-state index in [2.05, 4.69) is 18.8 Å². The zero-order valence-corrected chi connectivity index (χ0v) is 22.2. The van der Waals surface area contributed by atoms with Crippen molar-refractivity contribution in [1.82, 2.24) is 4.90 Å². The van der Waals surface area contributed by atoms with Crippen LogP contribution in [0.3, 0.4) is 0 Å². The highest BCUT2D eigenvalue weighted by atomic mass is 32.1. The molecule has 3 rings (SSSR count). The Bertz CT molecular complexity index is 973. The molecule has 0 unspecified atom stereocenters. The van der Waals surface area contributed by atoms with Crippen LogP contribution in [0.25, 0.3) is 0 Å². The van der Waals surface area contributed by atoms with Gasteiger partial charge in [-0.2, -0.15) is 0 Å². The Kier molecular flexibility index (Phi) is 8.46. The van der Waals surface area contributed by atoms with E-state index in [0.29, 0.717) is 34.3 Å². The van der Waals surface area contributed by atoms with Crippen molar-refractivity contribution in [3.8, 4) is 11.8 Å². The van der Waals surface area contributed by atoms with E-state index in [1.807, 2.05) is 20.8 Å². The molecular formula is C27H38N2O4S. The van der Waals surface area contributed by atoms with Gasteiger partial charge in [-0.3, -0.25) is 14.5 Å². The fourth-order valence-corrected chi connectivity index (χ4v) is 5.59. The van der Waals surface area contributed by atoms with Crippen LogP contribution in [0.2, 0.25) is 0 Å². The van der Waals surface area contributed by atoms with Gasteiger partial charge < -0.3 is 9.64 Å². The highest BCUT2D eigenvalue weighted by Crippen LogP contribution is 2.38. The van der Waals surface area contributed by atoms with Crippen LogP contribution in [-0.4, -0.2) is 49.4 Å². The quantitative estimate of drug-likeness (QED) is 0.439. The molecule has 1 aliphatic carbocycles. The monoisotopic (exact) mass is 486 g/mol. The maximum Gasteiger partial charge on any atom is 0.350 e. The third kappa shape index (κ3) is 6.21. The molecule has 186 valence electrons. The number of carbonyl (C=O) groups excluding carboxylic acids is 3. The first-order valence-corrected chi connectivity index (χ1v) is 13.2. The van der Waals surface area contributed by atoms with Crippen molar-refractivity contribution in [2.24, 2.45) is 17.3 Å². The minimum atomic E-state index is -0.624. The Balaban J connectivity index is 2.11. The second-order valence-electron chi connectivity index (χ2n) is 10.8. The number of thiophene rings is 1. The van der Waals surface area contributed by atoms with Crippen LogP contribution < -0.4 is 4.90 Å². The number of carbonyl (C=O) groups is 3. The van der Waals surface area contributed by atoms with E-state index in [-0.39, 0.29) is 23.1 Å². The van der Waals surface area contributed by atoms with Crippen LogP contribution in [0.5, 0.6) is 0 Å². The topological polar surface area (TPSA) is 66.9 Å². The zero-order chi connectivity index (χ0) is 25.0. The maximum absolute atomic E-state index is 14.0. The number of methoxy groups -OCH3 is 1. The number of likely N-dealkylation sites (tertiary alicyclic amines) is 1. The largest absolute Gasteiger partial charge is 0.465 e. The van der Waals surface area contributed by atoms with E-state index >= 15 is 0 Å². The molecule has 2 heterocycles. The Labute approximate surface area is 208 Å². The van der Waals surface area contributed by atoms with E-state index in [1.165, 1.54) is 18.4 Å². The molecule has 0 aromatic carbocycles. The second-order valence-corrected chi connectivity index (χ2v) is 11.8. The first-order valence-electron chi connectivity index (χ1n) is 12.3. The summed E-state index contributed by atoms with van der Waals surface area (Å²) in [5, 5.41) is 0. The number of ether oxygens (including phenoxy) is 1. The van der Waals surface area contributed by atoms with Gasteiger partial charge >= 0.3 is 5.97 Å². The van der Waals surface area contributed by atoms with Gasteiger partial charge in [0.05, 0.1) is 17.7 Å². The lowest BCUT2D eigenvalue weighted by molar-refractivity contribution is -0.134. The summed E-state index contributed by atoms with van der Waals surface area (Å²) in [6.45, 7) is 8.96. The molecule has 1 atom stereocenters. The molecule has 6 nitrogen and oxygen atoms in total. The van der Waals surface area contributed by atoms with Crippen molar-refractivity contribution in [2.75, 3.05) is 25.6 Å². The minimum Gasteiger partial charge on any atom is -0.465 e. The average molecular weight is 487 g/mol. The van der Waals surface area contributed by atoms with Gasteiger partial charge in [0.15, 0.2) is 0 Å². The number of likely N-dealkylation sites (N-methyl/N-ethyl adjacent to an activating group) is 1. The summed E-state index contributed by atoms with van der Waals surface area (Å²) in [6.07, 6.45) is 5.94. The van der Waals surface area contributed by atoms with Crippen LogP contribution in [0.15, 0.2) is 6.07 Å². The fraction of sp³-hybridized carbons (Fsp3) is 0.667. The van der Waals surface area contributed by atoms with Gasteiger partial charge in [-0.15, -0.1) is 11.3 Å². The standard InChI is InChI=1S/C27H38N2O4S/c1-18-10-12-19(13-11-18)24(30)29(21-9-7-8-16-28(5)25(21)31)22-17-20(14-15-27(2,3)4)34-23(22)26(32)33-6/h17-19,21H,7-13,16H2,1-6H3/t18-,19-,21-/m0/s1. The molecule has 1 aromatic rings. The Hall–Kier alpha value is -2.33. The van der Waals surface area contributed by atoms with Crippen LogP contribution in [-0.2, 0) is 14.3 Å². The fourth-order valence-electron chi connectivity index (χ4n) is 4.67. The molecule has 1 aliphatic heterocycles. The number of amides is 2. The molecule has 2 amide bonds. The molecule has 2 aliphatic rings. The predicted molar refractivity (Wildman–Crippen MR) is 136 cm³/mol. The Morgan fingerprint density at radius 3 is 2.44 bits per heavy atom. The van der Waals surface area contributed by atoms with E-state index in [9.17, 15) is 14.4 Å². The van der Waals surface area contributed by atoms with Gasteiger partial charge in [0.25, 0.3) is 0 Å². The van der Waals surface area contributed by atoms with E-state index < -0.39 is 12.0 Å². The van der Waals surface area contributed by atoms with Gasteiger partial charge in [0, 0.05) is 24.9 Å². The van der Waals surface area contributed by atoms with Crippen molar-refractivity contribution in [1.29, 1.82) is 0 Å². The second kappa shape index (κ2) is 10.9. The number of rotatable bonds is 4. The molecule has 0 bridgehead atoms. The minimum absolute atomic E-state index is 0.0566. The number of hydrogen-bond acceptors (Lipinski definition) is 5. The molecule has 0 N–H and O–H groups in total. The lowest BCUT2D eigenvalue weighted by Gasteiger charge is -2.36. The third-order valence-corrected chi connectivity index (χ3v) is 7.72. The van der Waals surface area contributed by atoms with Crippen molar-refractivity contribution in [2.45, 2.75) is 78.7 Å². The first kappa shape index (κ1) is 26.3. The Morgan fingerprint density at radius 2 is 1.82 bits per heavy atom. The van der Waals surface area contributed by atoms with Gasteiger partial charge in [-0.1, -0.05) is 18.8 Å². The SMILES string of the molecule is COC(=O)c1sc(C#CC(C)(C)C)cc1N(C(=O)[C@H]1CC[C@H](C)CC1)[C@H]1CCCCN(C)C1=O. The summed E-state index contributed by atoms with van der Waals surface area (Å²) in [4.78, 5) is 44.6. The maximum atomic E-state index is 14.0. The van der Waals surface area contributed by atoms with Crippen LogP contribution in [0.1, 0.15) is 87.2 Å². The molecule has 7 heteroatoms. The molecule has 0 radical (unpaired) electrons. The number of esters is 1. The smallest absolute Gasteiger partial charge is 0.350 e. The van der Waals surface area contributed by atoms with Crippen molar-refractivity contribution in [3.63, 3.8) is 0 Å². The molecule has 2 fully saturated rings. The highest BCUT2D eigenvalue weighted by Gasteiger charge is 2.40. The molecule has 1 saturated carbocycles. The zero-order valence-electron chi connectivity index (χ0n) is 21.4. The van der Waals surface area contributed by atoms with Crippen LogP contribution >= 0.6 is 11.3 Å². The molecule has 34 heavy (non-hydrogen) atoms. The summed E-state index contributed by atoms with van der Waals surface area (Å²) in [5.74, 6) is 6.20. The number of nitrogens with zero attached hydrogens (tertiary/aromatic N) is 2. The summed E-state index contributed by atoms with van der Waals surface area (Å²) in [6, 6.07) is 1.18. The first-order chi connectivity index (χ1) is 16.0. The molecule has 0 spiro atoms. The van der Waals surface area contributed by atoms with E-state index in [1.54, 1.807) is 22.9 Å². The predicted octanol–water partition coefficient (Wildman–Crippen LogP) is 5.10. The van der Waals surface area contributed by atoms with Gasteiger partial charge in [0.1, 0.15) is 10.9 Å². The van der Waals surface area contributed by atoms with Crippen LogP contribution in [0.4, 0.5) is 5.69 Å². The summed E-state index contributed by atoms with van der Waals surface area (Å²) in [5.41, 5.74) is 0.261. The summed E-state index contributed by atoms with van der Waals surface area (Å²) in [7, 11) is 3.13. The van der Waals surface area contributed by atoms with Crippen molar-refractivity contribution in [3.05, 3.63) is 15.8 Å². The average Bonchev–Trinajstić information content (AvgIpc) is 3.14. The molecular weight excluding hydrogens is 448 g/mol. The number of anilines is 1. The van der Waals surface area contributed by atoms with Gasteiger partial charge in [0.2, 0.25) is 11.8 Å². The highest BCUT2D eigenvalue weighted by molar-refractivity contribution is 7.15. The van der Waals surface area contributed by atoms with E-state index in [0.717, 1.165) is 38.5 Å². The lowest BCUT2D eigenvalue weighted by atomic mass is 9.82. The van der Waals surface area contributed by atoms with Gasteiger partial charge in [-0.05, 0) is 77.7 Å². The van der Waals surface area contributed by atoms with Crippen molar-refractivity contribution < 1.29 is 19.1 Å². The lowest BCUT2D eigenvalue weighted by Crippen LogP contribution is -2.52. The van der Waals surface area contributed by atoms with Crippen LogP contribution in [0, 0.1) is 29.1 Å². The Morgan fingerprint density at radius 1 is 1.15 bits per heavy atom. The number of hydrogen-bond donors (Lipinski definition) is 0. The summed E-state index contributed by atoms with van der Waals surface area (Å²) < 4.78 is 5.08. The summed E-state index contributed by atoms with van der Waals surface area (Å²) >= 11 is 1.23. The molecule has 1 saturated heterocycles. The van der Waals surface area contributed by atoms with Crippen molar-refractivity contribution >= 4 is 34.8 Å². The van der Waals surface area contributed by atoms with E-state index in [4.69, 9.17) is 4.74 Å². The normalized spacial score (nSPS) is 23.5. The third-order valence-electron chi connectivity index (χ3n) is 6.70. The molecule has 1 aromatic heterocycles. The van der Waals surface area contributed by atoms with Gasteiger partial charge in [-0.25, -0.2) is 4.79 Å².